The summed E-state index contributed by atoms with van der Waals surface area (Å²) in [6, 6.07) is 7.94. The maximum absolute atomic E-state index is 12.5. The summed E-state index contributed by atoms with van der Waals surface area (Å²) < 4.78 is 10.7. The van der Waals surface area contributed by atoms with Crippen molar-refractivity contribution in [1.82, 2.24) is 4.98 Å². The van der Waals surface area contributed by atoms with Gasteiger partial charge in [0.2, 0.25) is 0 Å². The zero-order chi connectivity index (χ0) is 17.8. The number of ether oxygens (including phenoxy) is 2. The highest BCUT2D eigenvalue weighted by Gasteiger charge is 2.18. The third-order valence-electron chi connectivity index (χ3n) is 4.50. The van der Waals surface area contributed by atoms with E-state index in [4.69, 9.17) is 9.47 Å². The topological polar surface area (TPSA) is 66.9 Å². The molecule has 138 valence electrons. The molecule has 1 aromatic heterocycles. The standard InChI is InChI=1S/C18H22N4O3S/c23-17(16-13-19-18(26-16)22-7-11-25-12-8-22)20-14-1-3-15(4-2-14)21-5-9-24-10-6-21/h1-4,13H,5-12H2,(H,20,23). The monoisotopic (exact) mass is 374 g/mol. The Bertz CT molecular complexity index is 737. The number of aromatic nitrogens is 1. The lowest BCUT2D eigenvalue weighted by Crippen LogP contribution is -2.36. The van der Waals surface area contributed by atoms with Gasteiger partial charge in [-0.3, -0.25) is 4.79 Å². The molecule has 0 unspecified atom stereocenters. The molecule has 1 N–H and O–H groups in total. The van der Waals surface area contributed by atoms with E-state index in [2.05, 4.69) is 20.1 Å². The van der Waals surface area contributed by atoms with Crippen molar-refractivity contribution in [1.29, 1.82) is 0 Å². The second kappa shape index (κ2) is 8.03. The Labute approximate surface area is 156 Å². The molecule has 0 bridgehead atoms. The Morgan fingerprint density at radius 3 is 2.23 bits per heavy atom. The largest absolute Gasteiger partial charge is 0.378 e. The van der Waals surface area contributed by atoms with Crippen LogP contribution in [0.25, 0.3) is 0 Å². The molecule has 2 fully saturated rings. The fourth-order valence-corrected chi connectivity index (χ4v) is 3.90. The summed E-state index contributed by atoms with van der Waals surface area (Å²) in [4.78, 5) is 21.9. The van der Waals surface area contributed by atoms with Gasteiger partial charge in [-0.15, -0.1) is 0 Å². The number of carbonyl (C=O) groups excluding carboxylic acids is 1. The van der Waals surface area contributed by atoms with Gasteiger partial charge in [-0.1, -0.05) is 11.3 Å². The number of rotatable bonds is 4. The van der Waals surface area contributed by atoms with Crippen molar-refractivity contribution in [2.24, 2.45) is 0 Å². The zero-order valence-corrected chi connectivity index (χ0v) is 15.3. The van der Waals surface area contributed by atoms with Crippen LogP contribution in [0.5, 0.6) is 0 Å². The number of anilines is 3. The minimum Gasteiger partial charge on any atom is -0.378 e. The van der Waals surface area contributed by atoms with Gasteiger partial charge in [-0.25, -0.2) is 4.98 Å². The van der Waals surface area contributed by atoms with E-state index < -0.39 is 0 Å². The fourth-order valence-electron chi connectivity index (χ4n) is 3.04. The number of nitrogens with one attached hydrogen (secondary N) is 1. The Kier molecular flexibility index (Phi) is 5.33. The number of nitrogens with zero attached hydrogens (tertiary/aromatic N) is 3. The molecule has 0 atom stereocenters. The van der Waals surface area contributed by atoms with Gasteiger partial charge in [-0.05, 0) is 24.3 Å². The van der Waals surface area contributed by atoms with Crippen LogP contribution in [0.2, 0.25) is 0 Å². The molecular weight excluding hydrogens is 352 g/mol. The highest BCUT2D eigenvalue weighted by atomic mass is 32.1. The predicted octanol–water partition coefficient (Wildman–Crippen LogP) is 2.07. The van der Waals surface area contributed by atoms with Gasteiger partial charge in [0.05, 0.1) is 32.6 Å². The van der Waals surface area contributed by atoms with Crippen LogP contribution in [-0.2, 0) is 9.47 Å². The predicted molar refractivity (Wildman–Crippen MR) is 103 cm³/mol. The lowest BCUT2D eigenvalue weighted by Gasteiger charge is -2.28. The molecule has 1 amide bonds. The summed E-state index contributed by atoms with van der Waals surface area (Å²) in [5.74, 6) is -0.124. The molecule has 3 heterocycles. The highest BCUT2D eigenvalue weighted by molar-refractivity contribution is 7.17. The molecule has 2 aliphatic rings. The number of morpholine rings is 2. The van der Waals surface area contributed by atoms with Crippen molar-refractivity contribution in [2.75, 3.05) is 67.7 Å². The normalized spacial score (nSPS) is 18.0. The molecule has 0 saturated carbocycles. The average molecular weight is 374 g/mol. The highest BCUT2D eigenvalue weighted by Crippen LogP contribution is 2.25. The Hall–Kier alpha value is -2.16. The third-order valence-corrected chi connectivity index (χ3v) is 5.56. The average Bonchev–Trinajstić information content (AvgIpc) is 3.20. The van der Waals surface area contributed by atoms with E-state index in [1.54, 1.807) is 6.20 Å². The second-order valence-corrected chi connectivity index (χ2v) is 7.22. The molecule has 0 aliphatic carbocycles. The van der Waals surface area contributed by atoms with Gasteiger partial charge in [0.1, 0.15) is 4.88 Å². The van der Waals surface area contributed by atoms with Crippen molar-refractivity contribution < 1.29 is 14.3 Å². The van der Waals surface area contributed by atoms with E-state index in [0.29, 0.717) is 18.1 Å². The molecule has 2 aliphatic heterocycles. The van der Waals surface area contributed by atoms with Gasteiger partial charge in [0, 0.05) is 37.6 Å². The number of hydrogen-bond donors (Lipinski definition) is 1. The SMILES string of the molecule is O=C(Nc1ccc(N2CCOCC2)cc1)c1cnc(N2CCOCC2)s1. The lowest BCUT2D eigenvalue weighted by molar-refractivity contribution is 0.103. The van der Waals surface area contributed by atoms with Gasteiger partial charge in [0.25, 0.3) is 5.91 Å². The first kappa shape index (κ1) is 17.3. The molecule has 26 heavy (non-hydrogen) atoms. The first-order valence-electron chi connectivity index (χ1n) is 8.82. The summed E-state index contributed by atoms with van der Waals surface area (Å²) in [5, 5.41) is 3.83. The van der Waals surface area contributed by atoms with E-state index in [1.165, 1.54) is 11.3 Å². The Morgan fingerprint density at radius 2 is 1.58 bits per heavy atom. The van der Waals surface area contributed by atoms with Crippen molar-refractivity contribution in [3.63, 3.8) is 0 Å². The molecule has 2 saturated heterocycles. The van der Waals surface area contributed by atoms with E-state index in [-0.39, 0.29) is 5.91 Å². The van der Waals surface area contributed by atoms with E-state index in [1.807, 2.05) is 24.3 Å². The van der Waals surface area contributed by atoms with Gasteiger partial charge in [0.15, 0.2) is 5.13 Å². The number of amides is 1. The molecule has 7 nitrogen and oxygen atoms in total. The second-order valence-electron chi connectivity index (χ2n) is 6.21. The number of thiazole rings is 1. The molecule has 0 spiro atoms. The van der Waals surface area contributed by atoms with Crippen LogP contribution in [0.15, 0.2) is 30.5 Å². The van der Waals surface area contributed by atoms with Crippen molar-refractivity contribution in [3.05, 3.63) is 35.3 Å². The van der Waals surface area contributed by atoms with Crippen LogP contribution < -0.4 is 15.1 Å². The van der Waals surface area contributed by atoms with Crippen molar-refractivity contribution in [3.8, 4) is 0 Å². The molecule has 2 aromatic rings. The van der Waals surface area contributed by atoms with E-state index in [9.17, 15) is 4.79 Å². The zero-order valence-electron chi connectivity index (χ0n) is 14.5. The maximum atomic E-state index is 12.5. The smallest absolute Gasteiger partial charge is 0.267 e. The van der Waals surface area contributed by atoms with Gasteiger partial charge in [-0.2, -0.15) is 0 Å². The lowest BCUT2D eigenvalue weighted by atomic mass is 10.2. The Balaban J connectivity index is 1.37. The molecule has 8 heteroatoms. The van der Waals surface area contributed by atoms with Crippen LogP contribution in [0, 0.1) is 0 Å². The molecular formula is C18H22N4O3S. The van der Waals surface area contributed by atoms with Crippen molar-refractivity contribution >= 4 is 33.8 Å². The van der Waals surface area contributed by atoms with Crippen LogP contribution in [0.4, 0.5) is 16.5 Å². The summed E-state index contributed by atoms with van der Waals surface area (Å²) in [6.45, 7) is 6.36. The Morgan fingerprint density at radius 1 is 0.962 bits per heavy atom. The number of carbonyl (C=O) groups is 1. The first-order valence-corrected chi connectivity index (χ1v) is 9.64. The molecule has 1 aromatic carbocycles. The first-order chi connectivity index (χ1) is 12.8. The number of hydrogen-bond acceptors (Lipinski definition) is 7. The minimum absolute atomic E-state index is 0.124. The van der Waals surface area contributed by atoms with E-state index >= 15 is 0 Å². The summed E-state index contributed by atoms with van der Waals surface area (Å²) in [7, 11) is 0. The van der Waals surface area contributed by atoms with Crippen LogP contribution >= 0.6 is 11.3 Å². The quantitative estimate of drug-likeness (QED) is 0.884. The van der Waals surface area contributed by atoms with Crippen LogP contribution in [-0.4, -0.2) is 63.5 Å². The third kappa shape index (κ3) is 3.98. The van der Waals surface area contributed by atoms with Crippen molar-refractivity contribution in [2.45, 2.75) is 0 Å². The maximum Gasteiger partial charge on any atom is 0.267 e. The fraction of sp³-hybridized carbons (Fsp3) is 0.444. The molecule has 0 radical (unpaired) electrons. The summed E-state index contributed by atoms with van der Waals surface area (Å²) in [5.41, 5.74) is 1.94. The van der Waals surface area contributed by atoms with E-state index in [0.717, 1.165) is 55.9 Å². The van der Waals surface area contributed by atoms with Gasteiger partial charge < -0.3 is 24.6 Å². The summed E-state index contributed by atoms with van der Waals surface area (Å²) in [6.07, 6.45) is 1.65. The number of benzene rings is 1. The van der Waals surface area contributed by atoms with Gasteiger partial charge >= 0.3 is 0 Å². The minimum atomic E-state index is -0.124. The van der Waals surface area contributed by atoms with Crippen LogP contribution in [0.1, 0.15) is 9.67 Å². The molecule has 4 rings (SSSR count). The summed E-state index contributed by atoms with van der Waals surface area (Å²) >= 11 is 1.42. The van der Waals surface area contributed by atoms with Crippen LogP contribution in [0.3, 0.4) is 0 Å².